The van der Waals surface area contributed by atoms with E-state index in [0.717, 1.165) is 11.3 Å². The van der Waals surface area contributed by atoms with Gasteiger partial charge < -0.3 is 30.1 Å². The lowest BCUT2D eigenvalue weighted by atomic mass is 10.0. The largest absolute Gasteiger partial charge is 0.425 e. The van der Waals surface area contributed by atoms with Crippen molar-refractivity contribution >= 4 is 57.7 Å². The number of carbonyl (C=O) groups is 4. The Hall–Kier alpha value is -3.17. The number of hydrogen-bond acceptors (Lipinski definition) is 13. The van der Waals surface area contributed by atoms with Crippen molar-refractivity contribution in [1.29, 1.82) is 0 Å². The van der Waals surface area contributed by atoms with Gasteiger partial charge in [-0.05, 0) is 12.5 Å². The van der Waals surface area contributed by atoms with Gasteiger partial charge >= 0.3 is 11.9 Å². The topological polar surface area (TPSA) is 172 Å². The number of nitrogens with one attached hydrogen (secondary N) is 1. The quantitative estimate of drug-likeness (QED) is 0.132. The Kier molecular flexibility index (Phi) is 9.28. The number of anilines is 1. The van der Waals surface area contributed by atoms with Gasteiger partial charge in [-0.15, -0.1) is 23.1 Å². The number of nitrogens with zero attached hydrogens (tertiary/aromatic N) is 3. The molecule has 0 aromatic carbocycles. The smallest absolute Gasteiger partial charge is 0.358 e. The number of oxime groups is 1. The number of rotatable bonds is 11. The first-order valence-corrected chi connectivity index (χ1v) is 12.9. The Morgan fingerprint density at radius 2 is 2.08 bits per heavy atom. The van der Waals surface area contributed by atoms with E-state index in [4.69, 9.17) is 24.8 Å². The Balaban J connectivity index is 1.77. The van der Waals surface area contributed by atoms with E-state index >= 15 is 0 Å². The van der Waals surface area contributed by atoms with Crippen LogP contribution in [0.2, 0.25) is 0 Å². The van der Waals surface area contributed by atoms with Crippen molar-refractivity contribution in [3.8, 4) is 0 Å². The Labute approximate surface area is 215 Å². The molecular formula is C21H27N5O8S2. The summed E-state index contributed by atoms with van der Waals surface area (Å²) in [5.41, 5.74) is 6.30. The lowest BCUT2D eigenvalue weighted by Gasteiger charge is -2.49. The zero-order chi connectivity index (χ0) is 26.4. The van der Waals surface area contributed by atoms with Crippen LogP contribution >= 0.6 is 23.1 Å². The maximum atomic E-state index is 13.1. The standard InChI is InChI=1S/C21H27N5O8S2/c1-5-13(27)33-10(3)34-20(30)16-11(7-31-4)8-35-19-15(18(29)26(16)19)24-17(28)14(25-32-6-2)12-9-36-21(22)23-12/h9-10,15,19H,5-8H2,1-4H3,(H2,22,23)(H,24,28)/t10?,15?,19-/m1/s1. The van der Waals surface area contributed by atoms with Crippen LogP contribution in [0.5, 0.6) is 0 Å². The molecule has 1 aromatic rings. The van der Waals surface area contributed by atoms with Crippen LogP contribution in [0.1, 0.15) is 32.9 Å². The van der Waals surface area contributed by atoms with Gasteiger partial charge in [0.15, 0.2) is 10.8 Å². The number of amides is 2. The second-order valence-electron chi connectivity index (χ2n) is 7.49. The number of β-lactam (4-membered cyclic amide) rings is 1. The van der Waals surface area contributed by atoms with Crippen LogP contribution in [0, 0.1) is 0 Å². The highest BCUT2D eigenvalue weighted by atomic mass is 32.2. The molecule has 1 fully saturated rings. The highest BCUT2D eigenvalue weighted by Crippen LogP contribution is 2.41. The highest BCUT2D eigenvalue weighted by Gasteiger charge is 2.55. The third-order valence-electron chi connectivity index (χ3n) is 4.97. The number of nitrogen functional groups attached to an aromatic ring is 1. The minimum atomic E-state index is -1.15. The molecule has 3 heterocycles. The number of methoxy groups -OCH3 is 1. The van der Waals surface area contributed by atoms with E-state index < -0.39 is 41.5 Å². The zero-order valence-corrected chi connectivity index (χ0v) is 21.8. The van der Waals surface area contributed by atoms with E-state index in [1.807, 2.05) is 0 Å². The van der Waals surface area contributed by atoms with Crippen molar-refractivity contribution in [2.24, 2.45) is 5.16 Å². The van der Waals surface area contributed by atoms with E-state index in [-0.39, 0.29) is 41.9 Å². The van der Waals surface area contributed by atoms with Crippen molar-refractivity contribution in [1.82, 2.24) is 15.2 Å². The molecule has 0 saturated carbocycles. The fraction of sp³-hybridized carbons (Fsp3) is 0.524. The van der Waals surface area contributed by atoms with Gasteiger partial charge in [-0.3, -0.25) is 19.3 Å². The maximum absolute atomic E-state index is 13.1. The van der Waals surface area contributed by atoms with Gasteiger partial charge in [0.05, 0.1) is 6.61 Å². The summed E-state index contributed by atoms with van der Waals surface area (Å²) in [4.78, 5) is 60.9. The zero-order valence-electron chi connectivity index (χ0n) is 20.1. The summed E-state index contributed by atoms with van der Waals surface area (Å²) in [5.74, 6) is -2.22. The fourth-order valence-corrected chi connectivity index (χ4v) is 5.27. The number of ether oxygens (including phenoxy) is 3. The molecule has 196 valence electrons. The predicted molar refractivity (Wildman–Crippen MR) is 131 cm³/mol. The molecule has 3 rings (SSSR count). The first-order valence-electron chi connectivity index (χ1n) is 11.0. The number of thioether (sulfide) groups is 1. The molecule has 1 saturated heterocycles. The summed E-state index contributed by atoms with van der Waals surface area (Å²) < 4.78 is 15.4. The molecule has 2 aliphatic rings. The summed E-state index contributed by atoms with van der Waals surface area (Å²) in [5, 5.41) is 7.70. The summed E-state index contributed by atoms with van der Waals surface area (Å²) in [6.45, 7) is 5.03. The normalized spacial score (nSPS) is 20.3. The fourth-order valence-electron chi connectivity index (χ4n) is 3.40. The number of fused-ring (bicyclic) bond motifs is 1. The first kappa shape index (κ1) is 27.4. The van der Waals surface area contributed by atoms with Crippen molar-refractivity contribution in [2.45, 2.75) is 44.9 Å². The van der Waals surface area contributed by atoms with Gasteiger partial charge in [0.1, 0.15) is 29.4 Å². The molecule has 36 heavy (non-hydrogen) atoms. The number of aromatic nitrogens is 1. The molecule has 2 unspecified atom stereocenters. The number of nitrogens with two attached hydrogens (primary N) is 1. The summed E-state index contributed by atoms with van der Waals surface area (Å²) >= 11 is 2.48. The molecule has 0 spiro atoms. The maximum Gasteiger partial charge on any atom is 0.358 e. The van der Waals surface area contributed by atoms with E-state index in [0.29, 0.717) is 11.3 Å². The average Bonchev–Trinajstić information content (AvgIpc) is 3.28. The van der Waals surface area contributed by atoms with Crippen LogP contribution < -0.4 is 11.1 Å². The van der Waals surface area contributed by atoms with Crippen LogP contribution in [-0.2, 0) is 38.2 Å². The minimum Gasteiger partial charge on any atom is -0.425 e. The van der Waals surface area contributed by atoms with Gasteiger partial charge in [0.2, 0.25) is 6.29 Å². The lowest BCUT2D eigenvalue weighted by Crippen LogP contribution is -2.71. The molecular weight excluding hydrogens is 514 g/mol. The Morgan fingerprint density at radius 1 is 1.33 bits per heavy atom. The van der Waals surface area contributed by atoms with E-state index in [1.54, 1.807) is 19.2 Å². The monoisotopic (exact) mass is 541 g/mol. The van der Waals surface area contributed by atoms with E-state index in [2.05, 4.69) is 15.5 Å². The van der Waals surface area contributed by atoms with Gasteiger partial charge in [-0.25, -0.2) is 9.78 Å². The first-order chi connectivity index (χ1) is 17.2. The minimum absolute atomic E-state index is 0.00554. The third-order valence-corrected chi connectivity index (χ3v) is 6.98. The molecule has 0 bridgehead atoms. The highest BCUT2D eigenvalue weighted by molar-refractivity contribution is 8.00. The molecule has 2 amide bonds. The lowest BCUT2D eigenvalue weighted by molar-refractivity contribution is -0.184. The van der Waals surface area contributed by atoms with Crippen LogP contribution in [0.4, 0.5) is 5.13 Å². The van der Waals surface area contributed by atoms with Crippen molar-refractivity contribution in [2.75, 3.05) is 31.8 Å². The molecule has 13 nitrogen and oxygen atoms in total. The summed E-state index contributed by atoms with van der Waals surface area (Å²) in [6, 6.07) is -0.937. The molecule has 1 aromatic heterocycles. The second-order valence-corrected chi connectivity index (χ2v) is 9.49. The van der Waals surface area contributed by atoms with Gasteiger partial charge in [-0.2, -0.15) is 0 Å². The molecule has 15 heteroatoms. The van der Waals surface area contributed by atoms with E-state index in [9.17, 15) is 19.2 Å². The number of carbonyl (C=O) groups excluding carboxylic acids is 4. The number of hydrogen-bond donors (Lipinski definition) is 2. The molecule has 3 N–H and O–H groups in total. The second kappa shape index (κ2) is 12.2. The van der Waals surface area contributed by atoms with Crippen LogP contribution in [-0.4, -0.2) is 83.1 Å². The van der Waals surface area contributed by atoms with Crippen LogP contribution in [0.3, 0.4) is 0 Å². The number of esters is 2. The van der Waals surface area contributed by atoms with Gasteiger partial charge in [0, 0.05) is 31.6 Å². The van der Waals surface area contributed by atoms with Crippen LogP contribution in [0.25, 0.3) is 0 Å². The van der Waals surface area contributed by atoms with E-state index in [1.165, 1.54) is 30.7 Å². The molecule has 2 aliphatic heterocycles. The third kappa shape index (κ3) is 5.96. The molecule has 0 aliphatic carbocycles. The molecule has 3 atom stereocenters. The molecule has 0 radical (unpaired) electrons. The van der Waals surface area contributed by atoms with Gasteiger partial charge in [-0.1, -0.05) is 12.1 Å². The SMILES string of the molecule is CCON=C(C(=O)NC1C(=O)N2C(C(=O)OC(C)OC(=O)CC)=C(COC)CS[C@H]12)c1csc(N)n1. The van der Waals surface area contributed by atoms with Crippen molar-refractivity contribution in [3.05, 3.63) is 22.3 Å². The summed E-state index contributed by atoms with van der Waals surface area (Å²) in [6.07, 6.45) is -1.03. The Morgan fingerprint density at radius 3 is 2.69 bits per heavy atom. The van der Waals surface area contributed by atoms with Crippen LogP contribution in [0.15, 0.2) is 21.8 Å². The number of thiazole rings is 1. The van der Waals surface area contributed by atoms with Crippen molar-refractivity contribution < 1.29 is 38.2 Å². The summed E-state index contributed by atoms with van der Waals surface area (Å²) in [7, 11) is 1.46. The van der Waals surface area contributed by atoms with Gasteiger partial charge in [0.25, 0.3) is 11.8 Å². The average molecular weight is 542 g/mol. The predicted octanol–water partition coefficient (Wildman–Crippen LogP) is 0.609. The van der Waals surface area contributed by atoms with Crippen molar-refractivity contribution in [3.63, 3.8) is 0 Å². The Bertz CT molecular complexity index is 1090.